The molecule has 0 aliphatic carbocycles. The molecule has 2 aliphatic heterocycles. The predicted molar refractivity (Wildman–Crippen MR) is 94.9 cm³/mol. The summed E-state index contributed by atoms with van der Waals surface area (Å²) in [6.45, 7) is -3.28. The highest BCUT2D eigenvalue weighted by molar-refractivity contribution is 6.31. The second kappa shape index (κ2) is 6.00. The number of hydrogen-bond acceptors (Lipinski definition) is 3. The lowest BCUT2D eigenvalue weighted by Crippen LogP contribution is -2.28. The van der Waals surface area contributed by atoms with Crippen molar-refractivity contribution in [3.8, 4) is 0 Å². The molecule has 0 radical (unpaired) electrons. The summed E-state index contributed by atoms with van der Waals surface area (Å²) in [6.07, 6.45) is 0.591. The Bertz CT molecular complexity index is 1080. The molecular formula is C19H14ClF2N3O2. The molecule has 3 heterocycles. The number of nitrogens with zero attached hydrogens (tertiary/aromatic N) is 2. The first-order valence-corrected chi connectivity index (χ1v) is 8.91. The van der Waals surface area contributed by atoms with E-state index in [1.807, 2.05) is 24.3 Å². The molecule has 8 heteroatoms. The summed E-state index contributed by atoms with van der Waals surface area (Å²) in [4.78, 5) is 17.4. The van der Waals surface area contributed by atoms with Gasteiger partial charge < -0.3 is 14.6 Å². The number of hydrogen-bond donors (Lipinski definition) is 1. The van der Waals surface area contributed by atoms with E-state index < -0.39 is 6.61 Å². The number of alkyl halides is 2. The van der Waals surface area contributed by atoms with Gasteiger partial charge >= 0.3 is 6.61 Å². The average Bonchev–Trinajstić information content (AvgIpc) is 3.13. The van der Waals surface area contributed by atoms with E-state index in [1.165, 1.54) is 0 Å². The summed E-state index contributed by atoms with van der Waals surface area (Å²) in [5.74, 6) is 0.506. The fourth-order valence-corrected chi connectivity index (χ4v) is 4.41. The van der Waals surface area contributed by atoms with Crippen molar-refractivity contribution >= 4 is 28.5 Å². The number of rotatable bonds is 3. The monoisotopic (exact) mass is 389 g/mol. The zero-order valence-corrected chi connectivity index (χ0v) is 14.7. The Kier molecular flexibility index (Phi) is 3.70. The van der Waals surface area contributed by atoms with Gasteiger partial charge in [0.1, 0.15) is 5.82 Å². The van der Waals surface area contributed by atoms with Crippen LogP contribution in [0.2, 0.25) is 5.02 Å². The number of nitrogens with one attached hydrogen (secondary N) is 1. The zero-order chi connectivity index (χ0) is 18.7. The van der Waals surface area contributed by atoms with Crippen LogP contribution in [-0.4, -0.2) is 22.1 Å². The van der Waals surface area contributed by atoms with Crippen LogP contribution in [-0.2, 0) is 11.3 Å². The largest absolute Gasteiger partial charge is 0.345 e. The summed E-state index contributed by atoms with van der Waals surface area (Å²) >= 11 is 6.32. The number of carbonyl (C=O) groups is 1. The molecule has 0 unspecified atom stereocenters. The molecule has 1 amide bonds. The number of para-hydroxylation sites is 2. The number of fused-ring (bicyclic) bond motifs is 9. The maximum absolute atomic E-state index is 12.7. The van der Waals surface area contributed by atoms with Crippen LogP contribution in [0.25, 0.3) is 11.0 Å². The van der Waals surface area contributed by atoms with Crippen LogP contribution in [0.15, 0.2) is 36.4 Å². The van der Waals surface area contributed by atoms with Gasteiger partial charge in [-0.2, -0.15) is 8.78 Å². The van der Waals surface area contributed by atoms with Crippen molar-refractivity contribution in [2.75, 3.05) is 0 Å². The Balaban J connectivity index is 1.76. The fourth-order valence-electron chi connectivity index (χ4n) is 4.19. The smallest absolute Gasteiger partial charge is 0.342 e. The van der Waals surface area contributed by atoms with Gasteiger partial charge in [-0.15, -0.1) is 0 Å². The van der Waals surface area contributed by atoms with Crippen molar-refractivity contribution in [2.24, 2.45) is 0 Å². The third kappa shape index (κ3) is 2.45. The van der Waals surface area contributed by atoms with E-state index in [2.05, 4.69) is 19.6 Å². The van der Waals surface area contributed by atoms with E-state index in [-0.39, 0.29) is 24.6 Å². The number of amides is 1. The maximum atomic E-state index is 12.7. The SMILES string of the molecule is O=C1N[C@@H]2C[C@H](c3c1ccc(Cl)c3COC(F)F)n1c2nc2ccccc21. The second-order valence-electron chi connectivity index (χ2n) is 6.67. The minimum absolute atomic E-state index is 0.235. The summed E-state index contributed by atoms with van der Waals surface area (Å²) in [5.41, 5.74) is 3.24. The van der Waals surface area contributed by atoms with Crippen LogP contribution in [0.3, 0.4) is 0 Å². The highest BCUT2D eigenvalue weighted by atomic mass is 35.5. The van der Waals surface area contributed by atoms with Gasteiger partial charge in [0.15, 0.2) is 0 Å². The molecule has 2 aromatic carbocycles. The molecular weight excluding hydrogens is 376 g/mol. The van der Waals surface area contributed by atoms with Gasteiger partial charge in [0.05, 0.1) is 29.7 Å². The Morgan fingerprint density at radius 2 is 2.11 bits per heavy atom. The summed E-state index contributed by atoms with van der Waals surface area (Å²) in [7, 11) is 0. The number of halogens is 3. The van der Waals surface area contributed by atoms with Crippen molar-refractivity contribution in [1.82, 2.24) is 14.9 Å². The van der Waals surface area contributed by atoms with Gasteiger partial charge in [0.25, 0.3) is 5.91 Å². The maximum Gasteiger partial charge on any atom is 0.345 e. The lowest BCUT2D eigenvalue weighted by molar-refractivity contribution is -0.137. The van der Waals surface area contributed by atoms with Crippen LogP contribution in [0, 0.1) is 0 Å². The van der Waals surface area contributed by atoms with Gasteiger partial charge in [-0.1, -0.05) is 23.7 Å². The van der Waals surface area contributed by atoms with Gasteiger partial charge in [0, 0.05) is 16.1 Å². The second-order valence-corrected chi connectivity index (χ2v) is 7.07. The zero-order valence-electron chi connectivity index (χ0n) is 14.0. The molecule has 3 aromatic rings. The first kappa shape index (κ1) is 16.6. The Morgan fingerprint density at radius 1 is 1.30 bits per heavy atom. The minimum Gasteiger partial charge on any atom is -0.342 e. The molecule has 5 nitrogen and oxygen atoms in total. The molecule has 27 heavy (non-hydrogen) atoms. The van der Waals surface area contributed by atoms with Crippen molar-refractivity contribution in [3.05, 3.63) is 63.9 Å². The molecule has 138 valence electrons. The molecule has 1 aromatic heterocycles. The van der Waals surface area contributed by atoms with E-state index in [9.17, 15) is 13.6 Å². The van der Waals surface area contributed by atoms with Gasteiger partial charge in [-0.25, -0.2) is 4.98 Å². The lowest BCUT2D eigenvalue weighted by Gasteiger charge is -2.22. The molecule has 0 saturated carbocycles. The van der Waals surface area contributed by atoms with Crippen LogP contribution in [0.1, 0.15) is 45.8 Å². The number of imidazole rings is 1. The third-order valence-corrected chi connectivity index (χ3v) is 5.60. The van der Waals surface area contributed by atoms with E-state index in [0.29, 0.717) is 28.1 Å². The van der Waals surface area contributed by atoms with E-state index >= 15 is 0 Å². The highest BCUT2D eigenvalue weighted by Gasteiger charge is 2.41. The van der Waals surface area contributed by atoms with E-state index in [0.717, 1.165) is 16.9 Å². The van der Waals surface area contributed by atoms with Gasteiger partial charge in [0.2, 0.25) is 0 Å². The molecule has 0 spiro atoms. The highest BCUT2D eigenvalue weighted by Crippen LogP contribution is 2.46. The number of ether oxygens (including phenoxy) is 1. The van der Waals surface area contributed by atoms with Crippen LogP contribution in [0.4, 0.5) is 8.78 Å². The Labute approximate surface area is 157 Å². The molecule has 5 rings (SSSR count). The van der Waals surface area contributed by atoms with Gasteiger partial charge in [-0.3, -0.25) is 4.79 Å². The van der Waals surface area contributed by atoms with Crippen LogP contribution < -0.4 is 5.32 Å². The normalized spacial score (nSPS) is 20.5. The molecule has 0 fully saturated rings. The number of carbonyl (C=O) groups excluding carboxylic acids is 1. The average molecular weight is 390 g/mol. The Morgan fingerprint density at radius 3 is 2.93 bits per heavy atom. The molecule has 1 N–H and O–H groups in total. The molecule has 2 aliphatic rings. The Hall–Kier alpha value is -2.51. The number of benzene rings is 2. The van der Waals surface area contributed by atoms with Crippen LogP contribution in [0.5, 0.6) is 0 Å². The number of aromatic nitrogens is 2. The predicted octanol–water partition coefficient (Wildman–Crippen LogP) is 4.21. The molecule has 2 bridgehead atoms. The summed E-state index contributed by atoms with van der Waals surface area (Å²) < 4.78 is 31.9. The molecule has 2 atom stereocenters. The van der Waals surface area contributed by atoms with Crippen molar-refractivity contribution in [3.63, 3.8) is 0 Å². The first-order valence-electron chi connectivity index (χ1n) is 8.53. The summed E-state index contributed by atoms with van der Waals surface area (Å²) in [6, 6.07) is 10.4. The van der Waals surface area contributed by atoms with E-state index in [4.69, 9.17) is 11.6 Å². The summed E-state index contributed by atoms with van der Waals surface area (Å²) in [5, 5.41) is 3.30. The van der Waals surface area contributed by atoms with Crippen LogP contribution >= 0.6 is 11.6 Å². The van der Waals surface area contributed by atoms with Gasteiger partial charge in [-0.05, 0) is 36.2 Å². The van der Waals surface area contributed by atoms with Crippen molar-refractivity contribution in [1.29, 1.82) is 0 Å². The first-order chi connectivity index (χ1) is 13.0. The minimum atomic E-state index is -2.92. The van der Waals surface area contributed by atoms with Crippen molar-refractivity contribution in [2.45, 2.75) is 31.7 Å². The lowest BCUT2D eigenvalue weighted by atomic mass is 9.93. The fraction of sp³-hybridized carbons (Fsp3) is 0.263. The molecule has 0 saturated heterocycles. The van der Waals surface area contributed by atoms with E-state index in [1.54, 1.807) is 12.1 Å². The standard InChI is InChI=1S/C19H14ClF2N3O2/c20-11-6-5-9-16(10(11)8-27-19(21)22)15-7-13(24-18(9)26)17-23-12-3-1-2-4-14(12)25(15)17/h1-6,13,15,19H,7-8H2,(H,24,26)/t13-,15-/m1/s1. The van der Waals surface area contributed by atoms with Crippen molar-refractivity contribution < 1.29 is 18.3 Å². The third-order valence-electron chi connectivity index (χ3n) is 5.24. The topological polar surface area (TPSA) is 56.1 Å². The quantitative estimate of drug-likeness (QED) is 0.730.